The van der Waals surface area contributed by atoms with E-state index in [1.807, 2.05) is 6.92 Å². The molecule has 5 nitrogen and oxygen atoms in total. The van der Waals surface area contributed by atoms with Gasteiger partial charge in [-0.2, -0.15) is 0 Å². The third kappa shape index (κ3) is 7.95. The van der Waals surface area contributed by atoms with Crippen molar-refractivity contribution >= 4 is 30.7 Å². The number of halogens is 2. The van der Waals surface area contributed by atoms with E-state index >= 15 is 0 Å². The Morgan fingerprint density at radius 3 is 2.58 bits per heavy atom. The van der Waals surface area contributed by atoms with Gasteiger partial charge in [0.15, 0.2) is 0 Å². The summed E-state index contributed by atoms with van der Waals surface area (Å²) in [5.74, 6) is -0.570. The third-order valence-corrected chi connectivity index (χ3v) is 2.66. The summed E-state index contributed by atoms with van der Waals surface area (Å²) in [5, 5.41) is 2.45. The molecule has 1 aliphatic heterocycles. The number of hydrogen-bond acceptors (Lipinski definition) is 4. The lowest BCUT2D eigenvalue weighted by Crippen LogP contribution is -2.47. The first-order chi connectivity index (χ1) is 11.1. The molecule has 0 radical (unpaired) electrons. The first kappa shape index (κ1) is 9.79. The molecule has 2 atom stereocenters. The predicted octanol–water partition coefficient (Wildman–Crippen LogP) is 0.652. The Labute approximate surface area is 139 Å². The van der Waals surface area contributed by atoms with Gasteiger partial charge in [-0.3, -0.25) is 9.69 Å². The van der Waals surface area contributed by atoms with Crippen LogP contribution in [0.3, 0.4) is 0 Å². The molecule has 1 aliphatic rings. The highest BCUT2D eigenvalue weighted by atomic mass is 35.5. The van der Waals surface area contributed by atoms with Gasteiger partial charge < -0.3 is 15.8 Å². The summed E-state index contributed by atoms with van der Waals surface area (Å²) >= 11 is 0. The minimum absolute atomic E-state index is 0. The zero-order valence-electron chi connectivity index (χ0n) is 18.9. The van der Waals surface area contributed by atoms with E-state index in [9.17, 15) is 4.79 Å². The molecule has 1 saturated heterocycles. The lowest BCUT2D eigenvalue weighted by Gasteiger charge is -2.27. The second kappa shape index (κ2) is 11.7. The lowest BCUT2D eigenvalue weighted by atomic mass is 9.99. The molecule has 116 valence electrons. The Balaban J connectivity index is 0. The predicted molar refractivity (Wildman–Crippen MR) is 82.2 cm³/mol. The summed E-state index contributed by atoms with van der Waals surface area (Å²) in [4.78, 5) is 12.3. The quantitative estimate of drug-likeness (QED) is 0.753. The van der Waals surface area contributed by atoms with Gasteiger partial charge in [0.25, 0.3) is 0 Å². The van der Waals surface area contributed by atoms with E-state index in [2.05, 4.69) is 10.1 Å². The molecule has 1 rings (SSSR count). The molecule has 0 aromatic rings. The van der Waals surface area contributed by atoms with Crippen LogP contribution in [0.5, 0.6) is 0 Å². The molecule has 7 heteroatoms. The standard InChI is InChI=1S/C12H25N3O2.2ClH/c1-3-10(2)11(13)12(16)14-4-5-15-6-8-17-9-7-15;;/h10-11H,3-9,13H2,1-2H3,(H,14,16);2*1H/t10-,11-;;/m0../s1/i6D2,7D2,8D2,9D2;;. The van der Waals surface area contributed by atoms with E-state index < -0.39 is 44.6 Å². The number of morpholine rings is 1. The van der Waals surface area contributed by atoms with E-state index in [-0.39, 0.29) is 37.3 Å². The highest BCUT2D eigenvalue weighted by Gasteiger charge is 2.19. The van der Waals surface area contributed by atoms with Crippen molar-refractivity contribution in [1.82, 2.24) is 10.2 Å². The molecule has 0 aromatic carbocycles. The lowest BCUT2D eigenvalue weighted by molar-refractivity contribution is -0.123. The molecular formula is C12H27Cl2N3O2. The first-order valence-corrected chi connectivity index (χ1v) is 5.63. The minimum atomic E-state index is -3.08. The maximum absolute atomic E-state index is 11.9. The van der Waals surface area contributed by atoms with Gasteiger partial charge in [0.05, 0.1) is 24.6 Å². The normalized spacial score (nSPS) is 35.5. The number of carbonyl (C=O) groups excluding carboxylic acids is 1. The van der Waals surface area contributed by atoms with Gasteiger partial charge in [-0.1, -0.05) is 20.3 Å². The number of nitrogens with one attached hydrogen (secondary N) is 1. The monoisotopic (exact) mass is 323 g/mol. The van der Waals surface area contributed by atoms with Gasteiger partial charge in [0, 0.05) is 31.6 Å². The van der Waals surface area contributed by atoms with Crippen LogP contribution >= 0.6 is 24.8 Å². The van der Waals surface area contributed by atoms with Gasteiger partial charge in [-0.05, 0) is 5.92 Å². The van der Waals surface area contributed by atoms with Crippen LogP contribution in [0.15, 0.2) is 0 Å². The highest BCUT2D eigenvalue weighted by molar-refractivity contribution is 5.85. The minimum Gasteiger partial charge on any atom is -0.379 e. The van der Waals surface area contributed by atoms with Crippen LogP contribution in [0.25, 0.3) is 0 Å². The van der Waals surface area contributed by atoms with E-state index in [4.69, 9.17) is 16.7 Å². The second-order valence-electron chi connectivity index (χ2n) is 3.88. The Kier molecular flexibility index (Phi) is 6.05. The Morgan fingerprint density at radius 2 is 2.05 bits per heavy atom. The summed E-state index contributed by atoms with van der Waals surface area (Å²) in [6.07, 6.45) is 0.684. The molecule has 0 aromatic heterocycles. The number of rotatable bonds is 6. The molecule has 0 bridgehead atoms. The zero-order valence-corrected chi connectivity index (χ0v) is 12.6. The SMILES string of the molecule is Cl.Cl.[2H]C1([2H])OC([2H])([2H])C([2H])([2H])N(CCNC(=O)[C@@H](N)[C@@H](C)CC)C1([2H])[2H]. The molecule has 0 aliphatic carbocycles. The molecule has 0 unspecified atom stereocenters. The van der Waals surface area contributed by atoms with Crippen LogP contribution in [0.4, 0.5) is 0 Å². The van der Waals surface area contributed by atoms with E-state index in [0.29, 0.717) is 11.3 Å². The number of ether oxygens (including phenoxy) is 1. The van der Waals surface area contributed by atoms with Crippen LogP contribution in [0.2, 0.25) is 0 Å². The average Bonchev–Trinajstić information content (AvgIpc) is 2.46. The molecule has 1 heterocycles. The maximum atomic E-state index is 11.9. The summed E-state index contributed by atoms with van der Waals surface area (Å²) in [6, 6.07) is -0.777. The van der Waals surface area contributed by atoms with Crippen LogP contribution in [-0.2, 0) is 9.53 Å². The van der Waals surface area contributed by atoms with Crippen LogP contribution in [0, 0.1) is 5.92 Å². The van der Waals surface area contributed by atoms with Gasteiger partial charge in [-0.25, -0.2) is 0 Å². The first-order valence-electron chi connectivity index (χ1n) is 9.63. The van der Waals surface area contributed by atoms with Crippen LogP contribution < -0.4 is 11.1 Å². The number of carbonyl (C=O) groups is 1. The molecule has 3 N–H and O–H groups in total. The van der Waals surface area contributed by atoms with Crippen molar-refractivity contribution in [3.8, 4) is 0 Å². The van der Waals surface area contributed by atoms with Gasteiger partial charge in [0.1, 0.15) is 0 Å². The Bertz CT molecular complexity index is 487. The third-order valence-electron chi connectivity index (χ3n) is 2.66. The molecule has 0 spiro atoms. The number of nitrogens with zero attached hydrogens (tertiary/aromatic N) is 1. The van der Waals surface area contributed by atoms with Gasteiger partial charge in [-0.15, -0.1) is 24.8 Å². The molecular weight excluding hydrogens is 289 g/mol. The Hall–Kier alpha value is -0.0700. The van der Waals surface area contributed by atoms with Gasteiger partial charge >= 0.3 is 0 Å². The van der Waals surface area contributed by atoms with Crippen molar-refractivity contribution in [2.45, 2.75) is 26.3 Å². The average molecular weight is 324 g/mol. The van der Waals surface area contributed by atoms with Crippen molar-refractivity contribution in [3.63, 3.8) is 0 Å². The van der Waals surface area contributed by atoms with Crippen molar-refractivity contribution in [1.29, 1.82) is 0 Å². The van der Waals surface area contributed by atoms with E-state index in [1.54, 1.807) is 6.92 Å². The molecule has 0 saturated carbocycles. The fraction of sp³-hybridized carbons (Fsp3) is 0.917. The fourth-order valence-corrected chi connectivity index (χ4v) is 1.24. The highest BCUT2D eigenvalue weighted by Crippen LogP contribution is 2.04. The van der Waals surface area contributed by atoms with Gasteiger partial charge in [0.2, 0.25) is 5.91 Å². The fourth-order valence-electron chi connectivity index (χ4n) is 1.24. The summed E-state index contributed by atoms with van der Waals surface area (Å²) in [6.45, 7) is -9.10. The Morgan fingerprint density at radius 1 is 1.47 bits per heavy atom. The van der Waals surface area contributed by atoms with Crippen molar-refractivity contribution in [2.75, 3.05) is 39.2 Å². The largest absolute Gasteiger partial charge is 0.379 e. The number of amides is 1. The smallest absolute Gasteiger partial charge is 0.237 e. The summed E-state index contributed by atoms with van der Waals surface area (Å²) in [7, 11) is 0. The van der Waals surface area contributed by atoms with Crippen LogP contribution in [-0.4, -0.2) is 56.1 Å². The van der Waals surface area contributed by atoms with E-state index in [1.165, 1.54) is 0 Å². The van der Waals surface area contributed by atoms with Crippen molar-refractivity contribution in [3.05, 3.63) is 0 Å². The number of nitrogens with two attached hydrogens (primary N) is 1. The topological polar surface area (TPSA) is 67.6 Å². The van der Waals surface area contributed by atoms with E-state index in [0.717, 1.165) is 0 Å². The summed E-state index contributed by atoms with van der Waals surface area (Å²) in [5.41, 5.74) is 5.77. The summed E-state index contributed by atoms with van der Waals surface area (Å²) < 4.78 is 66.0. The second-order valence-corrected chi connectivity index (χ2v) is 3.88. The molecule has 1 fully saturated rings. The number of hydrogen-bond donors (Lipinski definition) is 2. The van der Waals surface area contributed by atoms with Crippen molar-refractivity contribution in [2.24, 2.45) is 11.7 Å². The molecule has 1 amide bonds. The van der Waals surface area contributed by atoms with Crippen LogP contribution in [0.1, 0.15) is 31.2 Å². The zero-order chi connectivity index (χ0) is 19.8. The molecule has 19 heavy (non-hydrogen) atoms. The van der Waals surface area contributed by atoms with Crippen molar-refractivity contribution < 1.29 is 20.5 Å². The maximum Gasteiger partial charge on any atom is 0.237 e.